The zero-order chi connectivity index (χ0) is 29.7. The molecule has 1 atom stereocenters. The summed E-state index contributed by atoms with van der Waals surface area (Å²) < 4.78 is 17.1. The van der Waals surface area contributed by atoms with Gasteiger partial charge in [-0.25, -0.2) is 0 Å². The molecule has 0 saturated carbocycles. The maximum atomic E-state index is 12.4. The van der Waals surface area contributed by atoms with Crippen LogP contribution in [0.25, 0.3) is 5.57 Å². The van der Waals surface area contributed by atoms with Crippen LogP contribution in [0.3, 0.4) is 0 Å². The lowest BCUT2D eigenvalue weighted by atomic mass is 9.64. The van der Waals surface area contributed by atoms with Crippen molar-refractivity contribution < 1.29 is 19.0 Å². The van der Waals surface area contributed by atoms with Gasteiger partial charge in [-0.3, -0.25) is 4.79 Å². The number of nitrogens with one attached hydrogen (secondary N) is 1. The number of piperidine rings is 1. The summed E-state index contributed by atoms with van der Waals surface area (Å²) in [5, 5.41) is 7.86. The van der Waals surface area contributed by atoms with Crippen molar-refractivity contribution in [1.82, 2.24) is 10.2 Å². The molecule has 5 rings (SSSR count). The number of carbonyl (C=O) groups excluding carboxylic acids is 1. The largest absolute Gasteiger partial charge is 0.490 e. The highest BCUT2D eigenvalue weighted by Gasteiger charge is 2.51. The molecule has 8 nitrogen and oxygen atoms in total. The number of likely N-dealkylation sites (tertiary alicyclic amines) is 1. The summed E-state index contributed by atoms with van der Waals surface area (Å²) in [5.41, 5.74) is 3.99. The summed E-state index contributed by atoms with van der Waals surface area (Å²) in [5.74, 6) is 1.15. The smallest absolute Gasteiger partial charge is 0.302 e. The van der Waals surface area contributed by atoms with Gasteiger partial charge in [0.1, 0.15) is 36.9 Å². The van der Waals surface area contributed by atoms with Crippen LogP contribution in [0.15, 0.2) is 77.1 Å². The molecular formula is C33H38ClN3O5. The molecule has 2 aromatic rings. The van der Waals surface area contributed by atoms with Crippen molar-refractivity contribution >= 4 is 23.1 Å². The van der Waals surface area contributed by atoms with Gasteiger partial charge in [0.15, 0.2) is 0 Å². The van der Waals surface area contributed by atoms with Crippen molar-refractivity contribution in [3.05, 3.63) is 93.0 Å². The first-order chi connectivity index (χ1) is 20.2. The number of rotatable bonds is 9. The molecule has 1 unspecified atom stereocenters. The van der Waals surface area contributed by atoms with E-state index in [1.165, 1.54) is 6.92 Å². The fourth-order valence-corrected chi connectivity index (χ4v) is 6.35. The van der Waals surface area contributed by atoms with E-state index in [0.29, 0.717) is 23.8 Å². The average Bonchev–Trinajstić information content (AvgIpc) is 3.12. The third-order valence-electron chi connectivity index (χ3n) is 8.40. The zero-order valence-corrected chi connectivity index (χ0v) is 25.2. The van der Waals surface area contributed by atoms with Crippen LogP contribution < -0.4 is 14.8 Å². The summed E-state index contributed by atoms with van der Waals surface area (Å²) in [7, 11) is 0. The van der Waals surface area contributed by atoms with Crippen molar-refractivity contribution in [2.45, 2.75) is 39.2 Å². The third kappa shape index (κ3) is 6.25. The van der Waals surface area contributed by atoms with Gasteiger partial charge in [0.25, 0.3) is 0 Å². The number of ether oxygens (including phenoxy) is 3. The van der Waals surface area contributed by atoms with Gasteiger partial charge in [0.05, 0.1) is 5.70 Å². The van der Waals surface area contributed by atoms with E-state index in [9.17, 15) is 9.70 Å². The molecule has 0 bridgehead atoms. The second kappa shape index (κ2) is 12.7. The van der Waals surface area contributed by atoms with Crippen molar-refractivity contribution in [2.24, 2.45) is 10.6 Å². The van der Waals surface area contributed by atoms with Crippen LogP contribution in [-0.2, 0) is 15.1 Å². The zero-order valence-electron chi connectivity index (χ0n) is 24.5. The lowest BCUT2D eigenvalue weighted by molar-refractivity contribution is -0.141. The number of nitrogens with zero attached hydrogens (tertiary/aromatic N) is 2. The molecule has 222 valence electrons. The van der Waals surface area contributed by atoms with E-state index in [4.69, 9.17) is 25.8 Å². The van der Waals surface area contributed by atoms with Gasteiger partial charge in [-0.2, -0.15) is 0 Å². The highest BCUT2D eigenvalue weighted by molar-refractivity contribution is 6.30. The van der Waals surface area contributed by atoms with Crippen LogP contribution >= 0.6 is 11.6 Å². The van der Waals surface area contributed by atoms with E-state index in [1.54, 1.807) is 0 Å². The van der Waals surface area contributed by atoms with E-state index in [0.717, 1.165) is 66.3 Å². The van der Waals surface area contributed by atoms with Crippen LogP contribution in [0.4, 0.5) is 0 Å². The predicted octanol–water partition coefficient (Wildman–Crippen LogP) is 6.26. The minimum atomic E-state index is -0.797. The second-order valence-electron chi connectivity index (χ2n) is 11.6. The number of benzene rings is 2. The molecule has 3 aliphatic heterocycles. The first kappa shape index (κ1) is 29.9. The van der Waals surface area contributed by atoms with Gasteiger partial charge >= 0.3 is 5.97 Å². The Bertz CT molecular complexity index is 1420. The summed E-state index contributed by atoms with van der Waals surface area (Å²) in [6.07, 6.45) is 8.01. The number of carbonyl (C=O) groups is 1. The summed E-state index contributed by atoms with van der Waals surface area (Å²) in [4.78, 5) is 25.9. The Hall–Kier alpha value is -3.62. The van der Waals surface area contributed by atoms with Crippen LogP contribution in [0.2, 0.25) is 5.02 Å². The van der Waals surface area contributed by atoms with Gasteiger partial charge in [-0.1, -0.05) is 61.0 Å². The molecule has 1 fully saturated rings. The molecule has 0 aliphatic carbocycles. The quantitative estimate of drug-likeness (QED) is 0.209. The van der Waals surface area contributed by atoms with Crippen LogP contribution in [0.1, 0.15) is 44.7 Å². The topological polar surface area (TPSA) is 89.5 Å². The van der Waals surface area contributed by atoms with Gasteiger partial charge < -0.3 is 24.4 Å². The molecule has 3 heterocycles. The molecule has 0 spiro atoms. The van der Waals surface area contributed by atoms with Crippen LogP contribution in [0.5, 0.6) is 11.5 Å². The number of esters is 1. The molecule has 42 heavy (non-hydrogen) atoms. The van der Waals surface area contributed by atoms with Crippen LogP contribution in [-0.4, -0.2) is 56.9 Å². The Kier molecular flexibility index (Phi) is 9.04. The van der Waals surface area contributed by atoms with Gasteiger partial charge in [-0.05, 0) is 54.3 Å². The first-order valence-electron chi connectivity index (χ1n) is 14.4. The Morgan fingerprint density at radius 3 is 2.74 bits per heavy atom. The minimum Gasteiger partial charge on any atom is -0.490 e. The monoisotopic (exact) mass is 591 g/mol. The van der Waals surface area contributed by atoms with Gasteiger partial charge in [0.2, 0.25) is 0 Å². The minimum absolute atomic E-state index is 0.193. The van der Waals surface area contributed by atoms with E-state index in [2.05, 4.69) is 47.5 Å². The predicted molar refractivity (Wildman–Crippen MR) is 165 cm³/mol. The van der Waals surface area contributed by atoms with Gasteiger partial charge in [-0.15, -0.1) is 4.91 Å². The molecular weight excluding hydrogens is 554 g/mol. The van der Waals surface area contributed by atoms with E-state index in [1.807, 2.05) is 42.5 Å². The Morgan fingerprint density at radius 1 is 1.19 bits per heavy atom. The highest BCUT2D eigenvalue weighted by atomic mass is 35.5. The number of hydrogen-bond donors (Lipinski definition) is 1. The van der Waals surface area contributed by atoms with Crippen molar-refractivity contribution in [1.29, 1.82) is 0 Å². The molecule has 1 N–H and O–H groups in total. The molecule has 0 amide bonds. The molecule has 0 aromatic heterocycles. The van der Waals surface area contributed by atoms with E-state index >= 15 is 0 Å². The molecule has 1 saturated heterocycles. The maximum Gasteiger partial charge on any atom is 0.302 e. The number of halogens is 1. The van der Waals surface area contributed by atoms with Crippen molar-refractivity contribution in [2.75, 3.05) is 46.0 Å². The summed E-state index contributed by atoms with van der Waals surface area (Å²) in [6, 6.07) is 13.3. The fourth-order valence-electron chi connectivity index (χ4n) is 6.22. The Morgan fingerprint density at radius 2 is 2.00 bits per heavy atom. The summed E-state index contributed by atoms with van der Waals surface area (Å²) in [6.45, 7) is 9.70. The van der Waals surface area contributed by atoms with Crippen molar-refractivity contribution in [3.63, 3.8) is 0 Å². The molecule has 0 radical (unpaired) electrons. The van der Waals surface area contributed by atoms with Crippen molar-refractivity contribution in [3.8, 4) is 11.5 Å². The van der Waals surface area contributed by atoms with Crippen LogP contribution in [0, 0.1) is 10.3 Å². The second-order valence-corrected chi connectivity index (χ2v) is 12.0. The van der Waals surface area contributed by atoms with Gasteiger partial charge in [0, 0.05) is 54.7 Å². The normalized spacial score (nSPS) is 22.3. The third-order valence-corrected chi connectivity index (χ3v) is 8.66. The lowest BCUT2D eigenvalue weighted by Gasteiger charge is -2.49. The molecule has 2 aromatic carbocycles. The average molecular weight is 592 g/mol. The lowest BCUT2D eigenvalue weighted by Crippen LogP contribution is -2.54. The number of hydrogen-bond acceptors (Lipinski definition) is 8. The fraction of sp³-hybridized carbons (Fsp3) is 0.424. The number of allylic oxidation sites excluding steroid dienone is 3. The Labute approximate surface area is 252 Å². The first-order valence-corrected chi connectivity index (χ1v) is 14.8. The maximum absolute atomic E-state index is 12.4. The highest BCUT2D eigenvalue weighted by Crippen LogP contribution is 2.49. The van der Waals surface area contributed by atoms with E-state index < -0.39 is 5.54 Å². The molecule has 9 heteroatoms. The molecule has 3 aliphatic rings. The number of dihydropyridines is 1. The van der Waals surface area contributed by atoms with E-state index in [-0.39, 0.29) is 24.6 Å². The Balaban J connectivity index is 1.34. The number of nitroso groups, excluding NO2 is 1. The standard InChI is InChI=1S/C33H38ClN3O5/c1-23(38)40-18-19-41-26-12-13-31-29(20-26)27(28-6-4-15-35-30(28)21-42-31)7-5-16-37-17-14-33(36-39,32(2,3)22-37)24-8-10-25(34)11-9-24/h4,6-13,20,35H,5,14-19,21-22H2,1-3H3/b27-7+. The summed E-state index contributed by atoms with van der Waals surface area (Å²) >= 11 is 6.12. The number of fused-ring (bicyclic) bond motifs is 1. The SMILES string of the molecule is CC(=O)OCCOc1ccc2c(c1)/C(=C/CCN1CCC(N=O)(c3ccc(Cl)cc3)C(C)(C)C1)C1=C(CO2)NCC=C1.